The summed E-state index contributed by atoms with van der Waals surface area (Å²) in [6, 6.07) is 10.5. The minimum Gasteiger partial charge on any atom is -0.490 e. The van der Waals surface area contributed by atoms with E-state index in [1.165, 1.54) is 19.2 Å². The van der Waals surface area contributed by atoms with Crippen LogP contribution in [0.4, 0.5) is 11.4 Å². The summed E-state index contributed by atoms with van der Waals surface area (Å²) in [5, 5.41) is 11.0. The lowest BCUT2D eigenvalue weighted by Gasteiger charge is -2.10. The van der Waals surface area contributed by atoms with Crippen molar-refractivity contribution in [2.75, 3.05) is 11.8 Å². The number of nitro benzene ring substituents is 1. The maximum absolute atomic E-state index is 12.4. The summed E-state index contributed by atoms with van der Waals surface area (Å²) in [5.74, 6) is 0.00179. The fourth-order valence-corrected chi connectivity index (χ4v) is 3.12. The van der Waals surface area contributed by atoms with E-state index in [9.17, 15) is 18.5 Å². The maximum Gasteiger partial charge on any atom is 0.312 e. The third-order valence-electron chi connectivity index (χ3n) is 3.24. The summed E-state index contributed by atoms with van der Waals surface area (Å²) < 4.78 is 32.1. The summed E-state index contributed by atoms with van der Waals surface area (Å²) in [6.07, 6.45) is 0.767. The van der Waals surface area contributed by atoms with Gasteiger partial charge in [0.2, 0.25) is 0 Å². The molecule has 2 rings (SSSR count). The Hall–Kier alpha value is -2.61. The number of rotatable bonds is 6. The average Bonchev–Trinajstić information content (AvgIpc) is 2.53. The van der Waals surface area contributed by atoms with Crippen LogP contribution in [0.15, 0.2) is 47.4 Å². The zero-order chi connectivity index (χ0) is 17.0. The quantitative estimate of drug-likeness (QED) is 0.646. The van der Waals surface area contributed by atoms with Crippen LogP contribution >= 0.6 is 0 Å². The van der Waals surface area contributed by atoms with Gasteiger partial charge < -0.3 is 4.74 Å². The third kappa shape index (κ3) is 3.78. The van der Waals surface area contributed by atoms with Crippen molar-refractivity contribution in [1.29, 1.82) is 0 Å². The van der Waals surface area contributed by atoms with Crippen molar-refractivity contribution in [3.05, 3.63) is 58.1 Å². The largest absolute Gasteiger partial charge is 0.490 e. The van der Waals surface area contributed by atoms with E-state index in [0.29, 0.717) is 5.69 Å². The van der Waals surface area contributed by atoms with Gasteiger partial charge in [-0.3, -0.25) is 14.8 Å². The van der Waals surface area contributed by atoms with Crippen LogP contribution in [0.1, 0.15) is 12.5 Å². The molecule has 0 aliphatic heterocycles. The number of benzene rings is 2. The van der Waals surface area contributed by atoms with Gasteiger partial charge in [-0.15, -0.1) is 0 Å². The second kappa shape index (κ2) is 6.66. The Morgan fingerprint density at radius 1 is 1.22 bits per heavy atom. The molecule has 2 aromatic carbocycles. The van der Waals surface area contributed by atoms with Crippen molar-refractivity contribution in [3.8, 4) is 5.75 Å². The Morgan fingerprint density at radius 3 is 2.57 bits per heavy atom. The van der Waals surface area contributed by atoms with Gasteiger partial charge in [-0.2, -0.15) is 0 Å². The van der Waals surface area contributed by atoms with E-state index in [2.05, 4.69) is 4.72 Å². The number of sulfonamides is 1. The summed E-state index contributed by atoms with van der Waals surface area (Å²) in [6.45, 7) is 1.96. The molecule has 0 saturated heterocycles. The number of hydrogen-bond acceptors (Lipinski definition) is 5. The number of methoxy groups -OCH3 is 1. The monoisotopic (exact) mass is 336 g/mol. The van der Waals surface area contributed by atoms with E-state index in [4.69, 9.17) is 4.74 Å². The fraction of sp³-hybridized carbons (Fsp3) is 0.200. The molecule has 0 aliphatic rings. The molecule has 2 aromatic rings. The highest BCUT2D eigenvalue weighted by atomic mass is 32.2. The maximum atomic E-state index is 12.4. The van der Waals surface area contributed by atoms with Gasteiger partial charge in [-0.05, 0) is 36.2 Å². The SMILES string of the molecule is CCc1cccc(NS(=O)(=O)c2ccc(OC)c([N+](=O)[O-])c2)c1. The van der Waals surface area contributed by atoms with Crippen LogP contribution < -0.4 is 9.46 Å². The van der Waals surface area contributed by atoms with Gasteiger partial charge in [-0.25, -0.2) is 8.42 Å². The molecule has 0 spiro atoms. The molecule has 0 radical (unpaired) electrons. The van der Waals surface area contributed by atoms with Crippen molar-refractivity contribution in [3.63, 3.8) is 0 Å². The molecule has 0 saturated carbocycles. The molecular weight excluding hydrogens is 320 g/mol. The number of hydrogen-bond donors (Lipinski definition) is 1. The lowest BCUT2D eigenvalue weighted by Crippen LogP contribution is -2.13. The normalized spacial score (nSPS) is 11.0. The second-order valence-electron chi connectivity index (χ2n) is 4.75. The summed E-state index contributed by atoms with van der Waals surface area (Å²) >= 11 is 0. The van der Waals surface area contributed by atoms with Crippen LogP contribution in [0.2, 0.25) is 0 Å². The van der Waals surface area contributed by atoms with Crippen molar-refractivity contribution in [1.82, 2.24) is 0 Å². The van der Waals surface area contributed by atoms with E-state index in [1.54, 1.807) is 18.2 Å². The van der Waals surface area contributed by atoms with E-state index < -0.39 is 20.6 Å². The van der Waals surface area contributed by atoms with Crippen molar-refractivity contribution >= 4 is 21.4 Å². The minimum atomic E-state index is -3.93. The molecule has 0 heterocycles. The average molecular weight is 336 g/mol. The Bertz CT molecular complexity index is 834. The molecule has 0 fully saturated rings. The van der Waals surface area contributed by atoms with Crippen LogP contribution in [-0.4, -0.2) is 20.5 Å². The lowest BCUT2D eigenvalue weighted by atomic mass is 10.1. The molecule has 0 atom stereocenters. The topological polar surface area (TPSA) is 98.5 Å². The van der Waals surface area contributed by atoms with E-state index in [1.807, 2.05) is 13.0 Å². The Labute approximate surface area is 134 Å². The number of nitro groups is 1. The van der Waals surface area contributed by atoms with Crippen LogP contribution in [0, 0.1) is 10.1 Å². The van der Waals surface area contributed by atoms with Gasteiger partial charge in [0.15, 0.2) is 5.75 Å². The zero-order valence-electron chi connectivity index (χ0n) is 12.6. The van der Waals surface area contributed by atoms with Gasteiger partial charge in [0.05, 0.1) is 16.9 Å². The molecule has 0 bridgehead atoms. The van der Waals surface area contributed by atoms with E-state index >= 15 is 0 Å². The number of ether oxygens (including phenoxy) is 1. The van der Waals surface area contributed by atoms with Crippen molar-refractivity contribution < 1.29 is 18.1 Å². The predicted molar refractivity (Wildman–Crippen MR) is 86.3 cm³/mol. The lowest BCUT2D eigenvalue weighted by molar-refractivity contribution is -0.386. The molecule has 0 aromatic heterocycles. The van der Waals surface area contributed by atoms with Gasteiger partial charge in [0, 0.05) is 11.8 Å². The zero-order valence-corrected chi connectivity index (χ0v) is 13.5. The predicted octanol–water partition coefficient (Wildman–Crippen LogP) is 2.97. The standard InChI is InChI=1S/C15H16N2O5S/c1-3-11-5-4-6-12(9-11)16-23(20,21)13-7-8-15(22-2)14(10-13)17(18)19/h4-10,16H,3H2,1-2H3. The summed E-state index contributed by atoms with van der Waals surface area (Å²) in [5.41, 5.74) is 0.978. The van der Waals surface area contributed by atoms with Gasteiger partial charge in [0.25, 0.3) is 10.0 Å². The summed E-state index contributed by atoms with van der Waals surface area (Å²) in [7, 11) is -2.65. The number of nitrogens with zero attached hydrogens (tertiary/aromatic N) is 1. The van der Waals surface area contributed by atoms with E-state index in [-0.39, 0.29) is 10.6 Å². The smallest absolute Gasteiger partial charge is 0.312 e. The van der Waals surface area contributed by atoms with Crippen LogP contribution in [-0.2, 0) is 16.4 Å². The highest BCUT2D eigenvalue weighted by Gasteiger charge is 2.22. The van der Waals surface area contributed by atoms with Gasteiger partial charge >= 0.3 is 5.69 Å². The Balaban J connectivity index is 2.39. The molecule has 0 amide bonds. The van der Waals surface area contributed by atoms with Gasteiger partial charge in [0.1, 0.15) is 0 Å². The number of anilines is 1. The summed E-state index contributed by atoms with van der Waals surface area (Å²) in [4.78, 5) is 10.1. The first-order valence-electron chi connectivity index (χ1n) is 6.81. The molecule has 23 heavy (non-hydrogen) atoms. The third-order valence-corrected chi connectivity index (χ3v) is 4.62. The first kappa shape index (κ1) is 16.8. The first-order valence-corrected chi connectivity index (χ1v) is 8.30. The van der Waals surface area contributed by atoms with Crippen LogP contribution in [0.25, 0.3) is 0 Å². The molecule has 7 nitrogen and oxygen atoms in total. The molecule has 1 N–H and O–H groups in total. The fourth-order valence-electron chi connectivity index (χ4n) is 2.05. The molecule has 8 heteroatoms. The van der Waals surface area contributed by atoms with Gasteiger partial charge in [-0.1, -0.05) is 19.1 Å². The van der Waals surface area contributed by atoms with Crippen molar-refractivity contribution in [2.45, 2.75) is 18.2 Å². The number of nitrogens with one attached hydrogen (secondary N) is 1. The molecular formula is C15H16N2O5S. The first-order chi connectivity index (χ1) is 10.9. The molecule has 0 aliphatic carbocycles. The van der Waals surface area contributed by atoms with E-state index in [0.717, 1.165) is 18.1 Å². The highest BCUT2D eigenvalue weighted by molar-refractivity contribution is 7.92. The van der Waals surface area contributed by atoms with Crippen molar-refractivity contribution in [2.24, 2.45) is 0 Å². The van der Waals surface area contributed by atoms with Crippen LogP contribution in [0.3, 0.4) is 0 Å². The van der Waals surface area contributed by atoms with Crippen LogP contribution in [0.5, 0.6) is 5.75 Å². The highest BCUT2D eigenvalue weighted by Crippen LogP contribution is 2.30. The molecule has 0 unspecified atom stereocenters. The second-order valence-corrected chi connectivity index (χ2v) is 6.43. The molecule has 122 valence electrons. The Kier molecular flexibility index (Phi) is 4.85. The minimum absolute atomic E-state index is 0.00179. The Morgan fingerprint density at radius 2 is 1.96 bits per heavy atom. The number of aryl methyl sites for hydroxylation is 1.